The minimum Gasteiger partial charge on any atom is -0.352 e. The summed E-state index contributed by atoms with van der Waals surface area (Å²) in [6.07, 6.45) is 2.07. The van der Waals surface area contributed by atoms with Crippen molar-refractivity contribution in [3.63, 3.8) is 0 Å². The molecule has 2 atom stereocenters. The highest BCUT2D eigenvalue weighted by molar-refractivity contribution is 9.10. The third-order valence-electron chi connectivity index (χ3n) is 6.34. The summed E-state index contributed by atoms with van der Waals surface area (Å²) in [6.45, 7) is 3.56. The fourth-order valence-corrected chi connectivity index (χ4v) is 5.77. The van der Waals surface area contributed by atoms with Crippen molar-refractivity contribution >= 4 is 59.4 Å². The first-order chi connectivity index (χ1) is 18.5. The number of carbonyl (C=O) groups excluding carboxylic acids is 2. The van der Waals surface area contributed by atoms with Crippen molar-refractivity contribution in [2.75, 3.05) is 17.1 Å². The van der Waals surface area contributed by atoms with Gasteiger partial charge in [-0.3, -0.25) is 13.9 Å². The third kappa shape index (κ3) is 8.91. The molecule has 3 aromatic rings. The van der Waals surface area contributed by atoms with Crippen molar-refractivity contribution in [1.29, 1.82) is 0 Å². The molecule has 0 spiro atoms. The Kier molecular flexibility index (Phi) is 11.1. The molecule has 0 fully saturated rings. The number of hydrogen-bond donors (Lipinski definition) is 1. The zero-order valence-corrected chi connectivity index (χ0v) is 26.2. The molecular weight excluding hydrogens is 646 g/mol. The number of sulfonamides is 1. The largest absolute Gasteiger partial charge is 0.352 e. The highest BCUT2D eigenvalue weighted by atomic mass is 79.9. The Balaban J connectivity index is 2.06. The minimum atomic E-state index is -3.83. The lowest BCUT2D eigenvalue weighted by molar-refractivity contribution is -0.140. The summed E-state index contributed by atoms with van der Waals surface area (Å²) in [5, 5.41) is 3.02. The zero-order valence-electron chi connectivity index (χ0n) is 22.2. The van der Waals surface area contributed by atoms with Crippen molar-refractivity contribution < 1.29 is 18.0 Å². The first-order valence-corrected chi connectivity index (χ1v) is 16.0. The normalized spacial score (nSPS) is 12.8. The molecule has 10 heteroatoms. The van der Waals surface area contributed by atoms with Gasteiger partial charge in [-0.25, -0.2) is 8.42 Å². The molecule has 0 aromatic heterocycles. The number of hydrogen-bond acceptors (Lipinski definition) is 4. The highest BCUT2D eigenvalue weighted by Crippen LogP contribution is 2.28. The van der Waals surface area contributed by atoms with E-state index in [4.69, 9.17) is 0 Å². The second-order valence-electron chi connectivity index (χ2n) is 9.39. The van der Waals surface area contributed by atoms with E-state index in [-0.39, 0.29) is 24.9 Å². The van der Waals surface area contributed by atoms with Crippen molar-refractivity contribution in [1.82, 2.24) is 10.2 Å². The Labute approximate surface area is 247 Å². The number of nitrogens with zero attached hydrogens (tertiary/aromatic N) is 2. The van der Waals surface area contributed by atoms with Gasteiger partial charge in [0, 0.05) is 28.0 Å². The smallest absolute Gasteiger partial charge is 0.244 e. The Hall–Kier alpha value is -2.69. The summed E-state index contributed by atoms with van der Waals surface area (Å²) in [4.78, 5) is 29.2. The molecule has 3 aromatic carbocycles. The molecule has 0 radical (unpaired) electrons. The van der Waals surface area contributed by atoms with Gasteiger partial charge < -0.3 is 10.2 Å². The molecule has 0 aliphatic carbocycles. The van der Waals surface area contributed by atoms with Crippen molar-refractivity contribution in [3.05, 3.63) is 98.9 Å². The van der Waals surface area contributed by atoms with Gasteiger partial charge in [-0.05, 0) is 64.7 Å². The second kappa shape index (κ2) is 14.1. The van der Waals surface area contributed by atoms with Crippen LogP contribution in [0.15, 0.2) is 87.8 Å². The Morgan fingerprint density at radius 1 is 0.897 bits per heavy atom. The van der Waals surface area contributed by atoms with Crippen molar-refractivity contribution in [3.8, 4) is 0 Å². The van der Waals surface area contributed by atoms with E-state index >= 15 is 0 Å². The van der Waals surface area contributed by atoms with Crippen LogP contribution in [0.5, 0.6) is 0 Å². The SMILES string of the molecule is CC[C@H](C)NC(=O)[C@@H](Cc1ccccc1)N(Cc1ccc(Br)cc1)C(=O)CN(c1ccccc1Br)S(C)(=O)=O. The van der Waals surface area contributed by atoms with Crippen LogP contribution in [0.3, 0.4) is 0 Å². The monoisotopic (exact) mass is 677 g/mol. The predicted molar refractivity (Wildman–Crippen MR) is 163 cm³/mol. The molecule has 0 bridgehead atoms. The van der Waals surface area contributed by atoms with E-state index in [1.54, 1.807) is 24.3 Å². The van der Waals surface area contributed by atoms with E-state index in [1.807, 2.05) is 68.4 Å². The number of carbonyl (C=O) groups is 2. The van der Waals surface area contributed by atoms with Gasteiger partial charge in [0.05, 0.1) is 11.9 Å². The lowest BCUT2D eigenvalue weighted by Crippen LogP contribution is -2.54. The van der Waals surface area contributed by atoms with Crippen LogP contribution in [-0.2, 0) is 32.6 Å². The van der Waals surface area contributed by atoms with E-state index in [9.17, 15) is 18.0 Å². The molecule has 1 N–H and O–H groups in total. The second-order valence-corrected chi connectivity index (χ2v) is 13.1. The number of rotatable bonds is 12. The molecule has 0 aliphatic rings. The molecular formula is C29H33Br2N3O4S. The summed E-state index contributed by atoms with van der Waals surface area (Å²) < 4.78 is 28.2. The zero-order chi connectivity index (χ0) is 28.6. The summed E-state index contributed by atoms with van der Waals surface area (Å²) in [5.74, 6) is -0.773. The van der Waals surface area contributed by atoms with Crippen LogP contribution in [0, 0.1) is 0 Å². The van der Waals surface area contributed by atoms with E-state index < -0.39 is 28.5 Å². The molecule has 3 rings (SSSR count). The molecule has 0 saturated heterocycles. The van der Waals surface area contributed by atoms with E-state index in [1.165, 1.54) is 4.90 Å². The Morgan fingerprint density at radius 3 is 2.10 bits per heavy atom. The van der Waals surface area contributed by atoms with Crippen LogP contribution >= 0.6 is 31.9 Å². The van der Waals surface area contributed by atoms with E-state index in [0.717, 1.165) is 32.6 Å². The van der Waals surface area contributed by atoms with Gasteiger partial charge in [-0.2, -0.15) is 0 Å². The number of halogens is 2. The molecule has 2 amide bonds. The van der Waals surface area contributed by atoms with E-state index in [2.05, 4.69) is 37.2 Å². The highest BCUT2D eigenvalue weighted by Gasteiger charge is 2.33. The standard InChI is InChI=1S/C29H33Br2N3O4S/c1-4-21(2)32-29(36)27(18-22-10-6-5-7-11-22)33(19-23-14-16-24(30)17-15-23)28(35)20-34(39(3,37)38)26-13-9-8-12-25(26)31/h5-17,21,27H,4,18-20H2,1-3H3,(H,32,36)/t21-,27+/m0/s1. The van der Waals surface area contributed by atoms with Crippen LogP contribution in [0.1, 0.15) is 31.4 Å². The maximum absolute atomic E-state index is 14.1. The molecule has 7 nitrogen and oxygen atoms in total. The molecule has 0 aliphatic heterocycles. The summed E-state index contributed by atoms with van der Waals surface area (Å²) in [5.41, 5.74) is 2.05. The molecule has 0 saturated carbocycles. The average Bonchev–Trinajstić information content (AvgIpc) is 2.90. The van der Waals surface area contributed by atoms with Gasteiger partial charge in [0.2, 0.25) is 21.8 Å². The number of benzene rings is 3. The Morgan fingerprint density at radius 2 is 1.51 bits per heavy atom. The first-order valence-electron chi connectivity index (χ1n) is 12.6. The van der Waals surface area contributed by atoms with Crippen LogP contribution in [0.2, 0.25) is 0 Å². The maximum atomic E-state index is 14.1. The molecule has 208 valence electrons. The minimum absolute atomic E-state index is 0.0896. The number of para-hydroxylation sites is 1. The topological polar surface area (TPSA) is 86.8 Å². The van der Waals surface area contributed by atoms with Crippen LogP contribution in [0.25, 0.3) is 0 Å². The third-order valence-corrected chi connectivity index (χ3v) is 8.66. The van der Waals surface area contributed by atoms with Gasteiger partial charge in [0.15, 0.2) is 0 Å². The number of nitrogens with one attached hydrogen (secondary N) is 1. The van der Waals surface area contributed by atoms with Gasteiger partial charge in [-0.1, -0.05) is 77.5 Å². The average molecular weight is 679 g/mol. The summed E-state index contributed by atoms with van der Waals surface area (Å²) in [7, 11) is -3.83. The first kappa shape index (κ1) is 30.8. The summed E-state index contributed by atoms with van der Waals surface area (Å²) >= 11 is 6.85. The van der Waals surface area contributed by atoms with Crippen LogP contribution in [-0.4, -0.2) is 50.0 Å². The Bertz CT molecular complexity index is 1370. The van der Waals surface area contributed by atoms with Crippen LogP contribution in [0.4, 0.5) is 5.69 Å². The van der Waals surface area contributed by atoms with Gasteiger partial charge >= 0.3 is 0 Å². The molecule has 39 heavy (non-hydrogen) atoms. The quantitative estimate of drug-likeness (QED) is 0.273. The number of anilines is 1. The molecule has 0 unspecified atom stereocenters. The fraction of sp³-hybridized carbons (Fsp3) is 0.310. The van der Waals surface area contributed by atoms with Crippen LogP contribution < -0.4 is 9.62 Å². The maximum Gasteiger partial charge on any atom is 0.244 e. The lowest BCUT2D eigenvalue weighted by atomic mass is 10.0. The van der Waals surface area contributed by atoms with Gasteiger partial charge in [-0.15, -0.1) is 0 Å². The van der Waals surface area contributed by atoms with E-state index in [0.29, 0.717) is 10.2 Å². The lowest BCUT2D eigenvalue weighted by Gasteiger charge is -2.34. The van der Waals surface area contributed by atoms with Crippen molar-refractivity contribution in [2.24, 2.45) is 0 Å². The van der Waals surface area contributed by atoms with Gasteiger partial charge in [0.1, 0.15) is 12.6 Å². The van der Waals surface area contributed by atoms with Gasteiger partial charge in [0.25, 0.3) is 0 Å². The molecule has 0 heterocycles. The number of amides is 2. The fourth-order valence-electron chi connectivity index (χ4n) is 4.03. The van der Waals surface area contributed by atoms with Crippen molar-refractivity contribution in [2.45, 2.75) is 45.3 Å². The summed E-state index contributed by atoms with van der Waals surface area (Å²) in [6, 6.07) is 22.9. The predicted octanol–water partition coefficient (Wildman–Crippen LogP) is 5.53.